The van der Waals surface area contributed by atoms with Gasteiger partial charge in [-0.25, -0.2) is 0 Å². The fourth-order valence-electron chi connectivity index (χ4n) is 3.38. The van der Waals surface area contributed by atoms with Crippen molar-refractivity contribution in [3.05, 3.63) is 24.3 Å². The maximum atomic E-state index is 12.2. The molecule has 2 rings (SSSR count). The number of fused-ring (bicyclic) bond motifs is 1. The number of hydrogen-bond acceptors (Lipinski definition) is 3. The van der Waals surface area contributed by atoms with Crippen LogP contribution in [0.5, 0.6) is 0 Å². The molecule has 92 valence electrons. The van der Waals surface area contributed by atoms with E-state index in [-0.39, 0.29) is 23.6 Å². The van der Waals surface area contributed by atoms with Gasteiger partial charge in [0.15, 0.2) is 5.78 Å². The predicted molar refractivity (Wildman–Crippen MR) is 64.2 cm³/mol. The van der Waals surface area contributed by atoms with Crippen LogP contribution < -0.4 is 0 Å². The zero-order valence-electron chi connectivity index (χ0n) is 10.4. The predicted octanol–water partition coefficient (Wildman–Crippen LogP) is 2.28. The number of ether oxygens (including phenoxy) is 1. The Hall–Kier alpha value is -1.38. The molecule has 0 spiro atoms. The van der Waals surface area contributed by atoms with Crippen molar-refractivity contribution in [2.75, 3.05) is 6.61 Å². The van der Waals surface area contributed by atoms with E-state index in [4.69, 9.17) is 4.74 Å². The summed E-state index contributed by atoms with van der Waals surface area (Å²) in [6.07, 6.45) is 5.05. The highest BCUT2D eigenvalue weighted by Gasteiger charge is 2.63. The van der Waals surface area contributed by atoms with E-state index < -0.39 is 5.41 Å². The first kappa shape index (κ1) is 12.1. The molecule has 1 saturated carbocycles. The number of carbonyl (C=O) groups is 2. The Bertz CT molecular complexity index is 408. The van der Waals surface area contributed by atoms with Gasteiger partial charge in [0.05, 0.1) is 6.61 Å². The van der Waals surface area contributed by atoms with Gasteiger partial charge in [0.2, 0.25) is 0 Å². The van der Waals surface area contributed by atoms with Gasteiger partial charge in [0.1, 0.15) is 5.41 Å². The third kappa shape index (κ3) is 1.41. The van der Waals surface area contributed by atoms with E-state index >= 15 is 0 Å². The number of carbonyl (C=O) groups excluding carboxylic acids is 2. The number of ketones is 1. The third-order valence-corrected chi connectivity index (χ3v) is 4.11. The minimum Gasteiger partial charge on any atom is -0.465 e. The summed E-state index contributed by atoms with van der Waals surface area (Å²) >= 11 is 0. The molecule has 17 heavy (non-hydrogen) atoms. The van der Waals surface area contributed by atoms with Gasteiger partial charge in [0, 0.05) is 11.8 Å². The standard InChI is InChI=1S/C14H18O3/c1-4-10-6-7-11-9(3)8-12(15)14(10,11)13(16)17-5-2/h4,8,10-11H,1,5-7H2,2-3H3/t10-,11+,14-/m0/s1. The molecule has 1 fully saturated rings. The summed E-state index contributed by atoms with van der Waals surface area (Å²) in [6, 6.07) is 0. The minimum absolute atomic E-state index is 0.0112. The first-order valence-electron chi connectivity index (χ1n) is 6.11. The van der Waals surface area contributed by atoms with Crippen molar-refractivity contribution in [3.8, 4) is 0 Å². The van der Waals surface area contributed by atoms with Gasteiger partial charge in [-0.3, -0.25) is 9.59 Å². The molecule has 0 aliphatic heterocycles. The monoisotopic (exact) mass is 234 g/mol. The molecule has 0 aromatic heterocycles. The van der Waals surface area contributed by atoms with Crippen LogP contribution in [0, 0.1) is 17.3 Å². The number of allylic oxidation sites excluding steroid dienone is 3. The minimum atomic E-state index is -0.998. The quantitative estimate of drug-likeness (QED) is 0.427. The number of rotatable bonds is 3. The van der Waals surface area contributed by atoms with Crippen LogP contribution in [0.1, 0.15) is 26.7 Å². The molecule has 0 N–H and O–H groups in total. The largest absolute Gasteiger partial charge is 0.465 e. The molecule has 2 aliphatic carbocycles. The van der Waals surface area contributed by atoms with Gasteiger partial charge in [-0.05, 0) is 32.8 Å². The Morgan fingerprint density at radius 2 is 2.35 bits per heavy atom. The molecule has 0 radical (unpaired) electrons. The molecular weight excluding hydrogens is 216 g/mol. The maximum absolute atomic E-state index is 12.2. The van der Waals surface area contributed by atoms with Crippen LogP contribution in [0.2, 0.25) is 0 Å². The van der Waals surface area contributed by atoms with E-state index in [1.165, 1.54) is 0 Å². The van der Waals surface area contributed by atoms with Crippen molar-refractivity contribution in [2.45, 2.75) is 26.7 Å². The lowest BCUT2D eigenvalue weighted by Gasteiger charge is -2.30. The van der Waals surface area contributed by atoms with E-state index in [0.717, 1.165) is 18.4 Å². The second-order valence-electron chi connectivity index (χ2n) is 4.81. The second-order valence-corrected chi connectivity index (χ2v) is 4.81. The van der Waals surface area contributed by atoms with Crippen molar-refractivity contribution in [3.63, 3.8) is 0 Å². The highest BCUT2D eigenvalue weighted by atomic mass is 16.5. The highest BCUT2D eigenvalue weighted by Crippen LogP contribution is 2.56. The zero-order chi connectivity index (χ0) is 12.6. The second kappa shape index (κ2) is 4.13. The van der Waals surface area contributed by atoms with Gasteiger partial charge in [-0.1, -0.05) is 11.6 Å². The topological polar surface area (TPSA) is 43.4 Å². The summed E-state index contributed by atoms with van der Waals surface area (Å²) in [5.41, 5.74) is 0.00868. The smallest absolute Gasteiger partial charge is 0.321 e. The van der Waals surface area contributed by atoms with E-state index in [9.17, 15) is 9.59 Å². The average molecular weight is 234 g/mol. The first-order valence-corrected chi connectivity index (χ1v) is 6.11. The van der Waals surface area contributed by atoms with Gasteiger partial charge in [0.25, 0.3) is 0 Å². The fraction of sp³-hybridized carbons (Fsp3) is 0.571. The van der Waals surface area contributed by atoms with E-state index in [0.29, 0.717) is 6.61 Å². The van der Waals surface area contributed by atoms with Crippen LogP contribution in [-0.4, -0.2) is 18.4 Å². The summed E-state index contributed by atoms with van der Waals surface area (Å²) in [4.78, 5) is 24.5. The highest BCUT2D eigenvalue weighted by molar-refractivity contribution is 6.13. The summed E-state index contributed by atoms with van der Waals surface area (Å²) in [5, 5.41) is 0. The Kier molecular flexibility index (Phi) is 2.94. The van der Waals surface area contributed by atoms with Crippen molar-refractivity contribution in [2.24, 2.45) is 17.3 Å². The molecule has 0 unspecified atom stereocenters. The number of esters is 1. The van der Waals surface area contributed by atoms with Crippen molar-refractivity contribution >= 4 is 11.8 Å². The molecule has 3 heteroatoms. The van der Waals surface area contributed by atoms with Gasteiger partial charge in [-0.15, -0.1) is 6.58 Å². The molecular formula is C14H18O3. The lowest BCUT2D eigenvalue weighted by atomic mass is 9.71. The maximum Gasteiger partial charge on any atom is 0.321 e. The van der Waals surface area contributed by atoms with Crippen molar-refractivity contribution < 1.29 is 14.3 Å². The first-order chi connectivity index (χ1) is 8.08. The normalized spacial score (nSPS) is 35.4. The SMILES string of the molecule is C=C[C@H]1CC[C@@H]2C(C)=CC(=O)[C@@]21C(=O)OCC. The van der Waals surface area contributed by atoms with Crippen molar-refractivity contribution in [1.29, 1.82) is 0 Å². The Balaban J connectivity index is 2.46. The van der Waals surface area contributed by atoms with Crippen molar-refractivity contribution in [1.82, 2.24) is 0 Å². The lowest BCUT2D eigenvalue weighted by Crippen LogP contribution is -2.44. The third-order valence-electron chi connectivity index (χ3n) is 4.11. The van der Waals surface area contributed by atoms with Gasteiger partial charge in [-0.2, -0.15) is 0 Å². The van der Waals surface area contributed by atoms with Gasteiger partial charge >= 0.3 is 5.97 Å². The van der Waals surface area contributed by atoms with E-state index in [1.54, 1.807) is 19.1 Å². The van der Waals surface area contributed by atoms with Crippen LogP contribution in [-0.2, 0) is 14.3 Å². The number of hydrogen-bond donors (Lipinski definition) is 0. The lowest BCUT2D eigenvalue weighted by molar-refractivity contribution is -0.161. The molecule has 0 saturated heterocycles. The molecule has 0 bridgehead atoms. The van der Waals surface area contributed by atoms with Crippen LogP contribution in [0.4, 0.5) is 0 Å². The van der Waals surface area contributed by atoms with Crippen LogP contribution in [0.15, 0.2) is 24.3 Å². The van der Waals surface area contributed by atoms with Crippen LogP contribution in [0.3, 0.4) is 0 Å². The summed E-state index contributed by atoms with van der Waals surface area (Å²) in [6.45, 7) is 7.77. The van der Waals surface area contributed by atoms with Crippen LogP contribution in [0.25, 0.3) is 0 Å². The summed E-state index contributed by atoms with van der Waals surface area (Å²) < 4.78 is 5.14. The van der Waals surface area contributed by atoms with E-state index in [2.05, 4.69) is 6.58 Å². The summed E-state index contributed by atoms with van der Waals surface area (Å²) in [5.74, 6) is -0.545. The molecule has 0 amide bonds. The molecule has 3 nitrogen and oxygen atoms in total. The Labute approximate surface area is 102 Å². The molecule has 0 heterocycles. The molecule has 2 aliphatic rings. The Morgan fingerprint density at radius 3 is 2.94 bits per heavy atom. The zero-order valence-corrected chi connectivity index (χ0v) is 10.4. The van der Waals surface area contributed by atoms with E-state index in [1.807, 2.05) is 6.92 Å². The Morgan fingerprint density at radius 1 is 1.65 bits per heavy atom. The fourth-order valence-corrected chi connectivity index (χ4v) is 3.38. The average Bonchev–Trinajstić information content (AvgIpc) is 2.78. The van der Waals surface area contributed by atoms with Gasteiger partial charge < -0.3 is 4.74 Å². The van der Waals surface area contributed by atoms with Crippen LogP contribution >= 0.6 is 0 Å². The molecule has 3 atom stereocenters. The molecule has 0 aromatic carbocycles. The summed E-state index contributed by atoms with van der Waals surface area (Å²) in [7, 11) is 0. The molecule has 0 aromatic rings.